The number of nitrogens with zero attached hydrogens (tertiary/aromatic N) is 5. The lowest BCUT2D eigenvalue weighted by molar-refractivity contribution is -0.385. The van der Waals surface area contributed by atoms with Crippen molar-refractivity contribution in [3.8, 4) is 11.6 Å². The lowest BCUT2D eigenvalue weighted by atomic mass is 9.96. The molecule has 37 heavy (non-hydrogen) atoms. The summed E-state index contributed by atoms with van der Waals surface area (Å²) in [7, 11) is 0. The van der Waals surface area contributed by atoms with Crippen LogP contribution >= 0.6 is 0 Å². The first kappa shape index (κ1) is 24.4. The number of hydrogen-bond acceptors (Lipinski definition) is 7. The molecule has 0 aliphatic carbocycles. The van der Waals surface area contributed by atoms with Crippen LogP contribution in [0.5, 0.6) is 11.6 Å². The Labute approximate surface area is 216 Å². The Balaban J connectivity index is 1.37. The minimum atomic E-state index is -0.450. The summed E-state index contributed by atoms with van der Waals surface area (Å²) in [5.74, 6) is 0.743. The minimum absolute atomic E-state index is 0.0480. The number of benzene rings is 3. The number of anilines is 1. The minimum Gasteiger partial charge on any atom is -0.434 e. The third kappa shape index (κ3) is 5.44. The van der Waals surface area contributed by atoms with Crippen molar-refractivity contribution >= 4 is 11.5 Å². The van der Waals surface area contributed by atoms with Crippen molar-refractivity contribution < 1.29 is 9.66 Å². The molecule has 1 aliphatic rings. The molecule has 5 rings (SSSR count). The van der Waals surface area contributed by atoms with Crippen LogP contribution in [0.4, 0.5) is 11.5 Å². The van der Waals surface area contributed by atoms with E-state index in [1.807, 2.05) is 29.2 Å². The molecule has 1 saturated heterocycles. The van der Waals surface area contributed by atoms with Crippen LogP contribution in [0.3, 0.4) is 0 Å². The number of aromatic nitrogens is 2. The second-order valence-electron chi connectivity index (χ2n) is 8.95. The summed E-state index contributed by atoms with van der Waals surface area (Å²) in [6, 6.07) is 28.5. The van der Waals surface area contributed by atoms with E-state index in [-0.39, 0.29) is 23.4 Å². The van der Waals surface area contributed by atoms with Crippen LogP contribution in [0.25, 0.3) is 0 Å². The second kappa shape index (κ2) is 11.2. The number of hydrogen-bond donors (Lipinski definition) is 0. The standard InChI is InChI=1S/C29H29N5O3/c1-2-22-13-15-25(16-14-22)37-29-27(34(35)36)28(30-21-31-29)33-19-17-32(18-20-33)26(23-9-5-3-6-10-23)24-11-7-4-8-12-24/h3-16,21,26H,2,17-20H2,1H3. The number of ether oxygens (including phenoxy) is 1. The van der Waals surface area contributed by atoms with Crippen LogP contribution in [0.2, 0.25) is 0 Å². The molecule has 4 aromatic rings. The Kier molecular flexibility index (Phi) is 7.37. The number of aryl methyl sites for hydroxylation is 1. The molecule has 0 unspecified atom stereocenters. The van der Waals surface area contributed by atoms with Gasteiger partial charge in [0, 0.05) is 26.2 Å². The third-order valence-electron chi connectivity index (χ3n) is 6.71. The van der Waals surface area contributed by atoms with Gasteiger partial charge in [-0.15, -0.1) is 0 Å². The van der Waals surface area contributed by atoms with E-state index in [0.29, 0.717) is 18.8 Å². The summed E-state index contributed by atoms with van der Waals surface area (Å²) in [4.78, 5) is 24.5. The molecule has 0 bridgehead atoms. The molecule has 0 spiro atoms. The predicted molar refractivity (Wildman–Crippen MR) is 143 cm³/mol. The molecule has 0 saturated carbocycles. The number of nitro groups is 1. The van der Waals surface area contributed by atoms with E-state index in [1.54, 1.807) is 12.1 Å². The van der Waals surface area contributed by atoms with E-state index in [0.717, 1.165) is 25.1 Å². The van der Waals surface area contributed by atoms with Gasteiger partial charge in [0.15, 0.2) is 0 Å². The van der Waals surface area contributed by atoms with Crippen molar-refractivity contribution in [2.75, 3.05) is 31.1 Å². The lowest BCUT2D eigenvalue weighted by Gasteiger charge is -2.40. The summed E-state index contributed by atoms with van der Waals surface area (Å²) in [5.41, 5.74) is 3.39. The summed E-state index contributed by atoms with van der Waals surface area (Å²) < 4.78 is 5.85. The molecule has 1 aliphatic heterocycles. The first-order valence-corrected chi connectivity index (χ1v) is 12.5. The zero-order valence-corrected chi connectivity index (χ0v) is 20.7. The topological polar surface area (TPSA) is 84.6 Å². The van der Waals surface area contributed by atoms with E-state index < -0.39 is 4.92 Å². The Morgan fingerprint density at radius 1 is 0.865 bits per heavy atom. The maximum absolute atomic E-state index is 12.1. The van der Waals surface area contributed by atoms with Crippen LogP contribution in [-0.2, 0) is 6.42 Å². The van der Waals surface area contributed by atoms with E-state index in [9.17, 15) is 10.1 Å². The van der Waals surface area contributed by atoms with Crippen molar-refractivity contribution in [1.29, 1.82) is 0 Å². The highest BCUT2D eigenvalue weighted by atomic mass is 16.6. The molecule has 8 heteroatoms. The Morgan fingerprint density at radius 3 is 2.00 bits per heavy atom. The van der Waals surface area contributed by atoms with Crippen LogP contribution in [0.15, 0.2) is 91.3 Å². The second-order valence-corrected chi connectivity index (χ2v) is 8.95. The normalized spacial score (nSPS) is 14.1. The highest BCUT2D eigenvalue weighted by Crippen LogP contribution is 2.37. The van der Waals surface area contributed by atoms with Gasteiger partial charge in [-0.1, -0.05) is 79.7 Å². The monoisotopic (exact) mass is 495 g/mol. The highest BCUT2D eigenvalue weighted by molar-refractivity contribution is 5.63. The molecule has 188 valence electrons. The molecule has 1 fully saturated rings. The summed E-state index contributed by atoms with van der Waals surface area (Å²) in [5, 5.41) is 12.1. The zero-order valence-electron chi connectivity index (χ0n) is 20.7. The molecule has 3 aromatic carbocycles. The summed E-state index contributed by atoms with van der Waals surface area (Å²) >= 11 is 0. The Bertz CT molecular complexity index is 1290. The van der Waals surface area contributed by atoms with Crippen molar-refractivity contribution in [3.63, 3.8) is 0 Å². The smallest absolute Gasteiger partial charge is 0.373 e. The number of rotatable bonds is 8. The van der Waals surface area contributed by atoms with Crippen molar-refractivity contribution in [2.24, 2.45) is 0 Å². The fraction of sp³-hybridized carbons (Fsp3) is 0.241. The Morgan fingerprint density at radius 2 is 1.46 bits per heavy atom. The van der Waals surface area contributed by atoms with Crippen molar-refractivity contribution in [2.45, 2.75) is 19.4 Å². The van der Waals surface area contributed by atoms with E-state index >= 15 is 0 Å². The molecule has 8 nitrogen and oxygen atoms in total. The van der Waals surface area contributed by atoms with Gasteiger partial charge in [-0.3, -0.25) is 15.0 Å². The molecule has 1 aromatic heterocycles. The SMILES string of the molecule is CCc1ccc(Oc2ncnc(N3CCN(C(c4ccccc4)c4ccccc4)CC3)c2[N+](=O)[O-])cc1. The first-order chi connectivity index (χ1) is 18.1. The molecule has 0 atom stereocenters. The fourth-order valence-electron chi connectivity index (χ4n) is 4.80. The third-order valence-corrected chi connectivity index (χ3v) is 6.71. The molecular weight excluding hydrogens is 466 g/mol. The quantitative estimate of drug-likeness (QED) is 0.231. The van der Waals surface area contributed by atoms with E-state index in [1.165, 1.54) is 17.5 Å². The summed E-state index contributed by atoms with van der Waals surface area (Å²) in [6.45, 7) is 4.71. The van der Waals surface area contributed by atoms with Gasteiger partial charge < -0.3 is 9.64 Å². The van der Waals surface area contributed by atoms with Crippen LogP contribution in [0.1, 0.15) is 29.7 Å². The molecule has 0 N–H and O–H groups in total. The lowest BCUT2D eigenvalue weighted by Crippen LogP contribution is -2.48. The van der Waals surface area contributed by atoms with Crippen LogP contribution < -0.4 is 9.64 Å². The molecule has 2 heterocycles. The molecular formula is C29H29N5O3. The van der Waals surface area contributed by atoms with Crippen LogP contribution in [-0.4, -0.2) is 46.0 Å². The van der Waals surface area contributed by atoms with E-state index in [4.69, 9.17) is 4.74 Å². The zero-order chi connectivity index (χ0) is 25.6. The average Bonchev–Trinajstić information content (AvgIpc) is 2.95. The maximum Gasteiger partial charge on any atom is 0.373 e. The van der Waals surface area contributed by atoms with Gasteiger partial charge in [-0.2, -0.15) is 4.98 Å². The largest absolute Gasteiger partial charge is 0.434 e. The maximum atomic E-state index is 12.1. The highest BCUT2D eigenvalue weighted by Gasteiger charge is 2.32. The van der Waals surface area contributed by atoms with Crippen molar-refractivity contribution in [1.82, 2.24) is 14.9 Å². The first-order valence-electron chi connectivity index (χ1n) is 12.5. The van der Waals surface area contributed by atoms with Crippen molar-refractivity contribution in [3.05, 3.63) is 118 Å². The van der Waals surface area contributed by atoms with Crippen LogP contribution in [0, 0.1) is 10.1 Å². The van der Waals surface area contributed by atoms with Gasteiger partial charge in [0.05, 0.1) is 11.0 Å². The van der Waals surface area contributed by atoms with Gasteiger partial charge in [-0.05, 0) is 35.2 Å². The van der Waals surface area contributed by atoms with Gasteiger partial charge in [0.25, 0.3) is 0 Å². The van der Waals surface area contributed by atoms with Gasteiger partial charge in [0.1, 0.15) is 12.1 Å². The van der Waals surface area contributed by atoms with Gasteiger partial charge in [-0.25, -0.2) is 4.98 Å². The number of piperazine rings is 1. The Hall–Kier alpha value is -4.30. The molecule has 0 radical (unpaired) electrons. The predicted octanol–water partition coefficient (Wildman–Crippen LogP) is 5.65. The van der Waals surface area contributed by atoms with Gasteiger partial charge in [0.2, 0.25) is 5.82 Å². The van der Waals surface area contributed by atoms with Gasteiger partial charge >= 0.3 is 11.6 Å². The van der Waals surface area contributed by atoms with E-state index in [2.05, 4.69) is 70.3 Å². The fourth-order valence-corrected chi connectivity index (χ4v) is 4.80. The average molecular weight is 496 g/mol. The molecule has 0 amide bonds. The summed E-state index contributed by atoms with van der Waals surface area (Å²) in [6.07, 6.45) is 2.24.